The Bertz CT molecular complexity index is 118. The summed E-state index contributed by atoms with van der Waals surface area (Å²) in [4.78, 5) is 0. The molecular formula is C9H18O. The molecule has 0 aromatic rings. The Labute approximate surface area is 63.4 Å². The molecule has 1 rings (SSSR count). The molecule has 1 N–H and O–H groups in total. The van der Waals surface area contributed by atoms with Gasteiger partial charge in [-0.2, -0.15) is 0 Å². The van der Waals surface area contributed by atoms with E-state index in [0.29, 0.717) is 11.3 Å². The Kier molecular flexibility index (Phi) is 2.04. The minimum absolute atomic E-state index is 0.0250. The van der Waals surface area contributed by atoms with Gasteiger partial charge in [-0.25, -0.2) is 0 Å². The van der Waals surface area contributed by atoms with Crippen molar-refractivity contribution in [1.82, 2.24) is 0 Å². The fourth-order valence-corrected chi connectivity index (χ4v) is 1.63. The molecule has 1 nitrogen and oxygen atoms in total. The van der Waals surface area contributed by atoms with Crippen LogP contribution in [0.2, 0.25) is 0 Å². The number of aliphatic hydroxyl groups excluding tert-OH is 1. The Balaban J connectivity index is 2.52. The van der Waals surface area contributed by atoms with Gasteiger partial charge in [0.15, 0.2) is 0 Å². The zero-order chi connectivity index (χ0) is 7.78. The molecule has 0 radical (unpaired) electrons. The predicted molar refractivity (Wildman–Crippen MR) is 42.8 cm³/mol. The lowest BCUT2D eigenvalue weighted by Crippen LogP contribution is -2.32. The van der Waals surface area contributed by atoms with E-state index < -0.39 is 0 Å². The summed E-state index contributed by atoms with van der Waals surface area (Å²) in [6.07, 6.45) is 3.14. The van der Waals surface area contributed by atoms with Crippen LogP contribution in [0.4, 0.5) is 0 Å². The Morgan fingerprint density at radius 1 is 1.40 bits per heavy atom. The van der Waals surface area contributed by atoms with Gasteiger partial charge in [-0.05, 0) is 30.6 Å². The van der Waals surface area contributed by atoms with Gasteiger partial charge in [-0.15, -0.1) is 0 Å². The summed E-state index contributed by atoms with van der Waals surface area (Å²) in [6.45, 7) is 6.83. The second-order valence-electron chi connectivity index (χ2n) is 4.32. The van der Waals surface area contributed by atoms with Crippen LogP contribution in [0, 0.1) is 11.3 Å². The first-order valence-electron chi connectivity index (χ1n) is 4.20. The highest BCUT2D eigenvalue weighted by molar-refractivity contribution is 4.83. The molecule has 10 heavy (non-hydrogen) atoms. The minimum Gasteiger partial charge on any atom is -0.393 e. The van der Waals surface area contributed by atoms with Gasteiger partial charge in [0, 0.05) is 0 Å². The van der Waals surface area contributed by atoms with Gasteiger partial charge in [-0.1, -0.05) is 20.8 Å². The SMILES string of the molecule is C[C@H]1C[C@H](O)CCC1(C)C. The number of hydrogen-bond donors (Lipinski definition) is 1. The molecule has 0 heterocycles. The van der Waals surface area contributed by atoms with Crippen molar-refractivity contribution in [3.05, 3.63) is 0 Å². The van der Waals surface area contributed by atoms with Crippen molar-refractivity contribution >= 4 is 0 Å². The number of hydrogen-bond acceptors (Lipinski definition) is 1. The van der Waals surface area contributed by atoms with Gasteiger partial charge in [-0.3, -0.25) is 0 Å². The second kappa shape index (κ2) is 2.54. The summed E-state index contributed by atoms with van der Waals surface area (Å²) in [5.74, 6) is 0.677. The molecule has 1 saturated carbocycles. The van der Waals surface area contributed by atoms with E-state index in [2.05, 4.69) is 20.8 Å². The Morgan fingerprint density at radius 3 is 2.40 bits per heavy atom. The van der Waals surface area contributed by atoms with Gasteiger partial charge in [0.05, 0.1) is 6.10 Å². The van der Waals surface area contributed by atoms with E-state index in [0.717, 1.165) is 12.8 Å². The van der Waals surface area contributed by atoms with Crippen molar-refractivity contribution in [2.24, 2.45) is 11.3 Å². The van der Waals surface area contributed by atoms with Gasteiger partial charge >= 0.3 is 0 Å². The molecule has 0 bridgehead atoms. The van der Waals surface area contributed by atoms with Crippen LogP contribution in [-0.2, 0) is 0 Å². The molecule has 0 aromatic heterocycles. The Morgan fingerprint density at radius 2 is 2.00 bits per heavy atom. The molecule has 0 amide bonds. The minimum atomic E-state index is -0.0250. The smallest absolute Gasteiger partial charge is 0.0543 e. The first-order chi connectivity index (χ1) is 4.52. The molecule has 0 unspecified atom stereocenters. The molecule has 0 aliphatic heterocycles. The quantitative estimate of drug-likeness (QED) is 0.549. The molecule has 1 aliphatic rings. The maximum atomic E-state index is 9.31. The van der Waals surface area contributed by atoms with Crippen molar-refractivity contribution in [3.8, 4) is 0 Å². The third kappa shape index (κ3) is 1.51. The monoisotopic (exact) mass is 142 g/mol. The van der Waals surface area contributed by atoms with E-state index in [1.165, 1.54) is 6.42 Å². The van der Waals surface area contributed by atoms with E-state index in [9.17, 15) is 5.11 Å². The normalized spacial score (nSPS) is 39.6. The van der Waals surface area contributed by atoms with E-state index >= 15 is 0 Å². The van der Waals surface area contributed by atoms with Gasteiger partial charge < -0.3 is 5.11 Å². The Hall–Kier alpha value is -0.0400. The van der Waals surface area contributed by atoms with Crippen LogP contribution >= 0.6 is 0 Å². The molecule has 1 aliphatic carbocycles. The highest BCUT2D eigenvalue weighted by Crippen LogP contribution is 2.39. The zero-order valence-corrected chi connectivity index (χ0v) is 7.22. The zero-order valence-electron chi connectivity index (χ0n) is 7.22. The lowest BCUT2D eigenvalue weighted by atomic mass is 9.69. The molecule has 1 fully saturated rings. The fraction of sp³-hybridized carbons (Fsp3) is 1.00. The van der Waals surface area contributed by atoms with Gasteiger partial charge in [0.1, 0.15) is 0 Å². The number of aliphatic hydroxyl groups is 1. The maximum absolute atomic E-state index is 9.31. The molecular weight excluding hydrogens is 124 g/mol. The molecule has 2 atom stereocenters. The summed E-state index contributed by atoms with van der Waals surface area (Å²) < 4.78 is 0. The molecule has 0 aromatic carbocycles. The summed E-state index contributed by atoms with van der Waals surface area (Å²) in [5.41, 5.74) is 0.458. The van der Waals surface area contributed by atoms with Crippen molar-refractivity contribution < 1.29 is 5.11 Å². The van der Waals surface area contributed by atoms with Crippen LogP contribution in [-0.4, -0.2) is 11.2 Å². The topological polar surface area (TPSA) is 20.2 Å². The van der Waals surface area contributed by atoms with Crippen LogP contribution < -0.4 is 0 Å². The lowest BCUT2D eigenvalue weighted by Gasteiger charge is -2.38. The third-order valence-electron chi connectivity index (χ3n) is 3.08. The molecule has 60 valence electrons. The summed E-state index contributed by atoms with van der Waals surface area (Å²) in [5, 5.41) is 9.31. The van der Waals surface area contributed by atoms with Crippen LogP contribution in [0.5, 0.6) is 0 Å². The first-order valence-corrected chi connectivity index (χ1v) is 4.20. The summed E-state index contributed by atoms with van der Waals surface area (Å²) in [6, 6.07) is 0. The van der Waals surface area contributed by atoms with E-state index in [4.69, 9.17) is 0 Å². The van der Waals surface area contributed by atoms with Crippen molar-refractivity contribution in [3.63, 3.8) is 0 Å². The molecule has 0 spiro atoms. The second-order valence-corrected chi connectivity index (χ2v) is 4.32. The van der Waals surface area contributed by atoms with Crippen molar-refractivity contribution in [2.75, 3.05) is 0 Å². The number of rotatable bonds is 0. The van der Waals surface area contributed by atoms with Crippen molar-refractivity contribution in [1.29, 1.82) is 0 Å². The van der Waals surface area contributed by atoms with E-state index in [-0.39, 0.29) is 6.10 Å². The predicted octanol–water partition coefficient (Wildman–Crippen LogP) is 2.19. The van der Waals surface area contributed by atoms with Crippen molar-refractivity contribution in [2.45, 2.75) is 46.1 Å². The fourth-order valence-electron chi connectivity index (χ4n) is 1.63. The van der Waals surface area contributed by atoms with Crippen LogP contribution in [0.1, 0.15) is 40.0 Å². The van der Waals surface area contributed by atoms with Gasteiger partial charge in [0.2, 0.25) is 0 Å². The van der Waals surface area contributed by atoms with Crippen LogP contribution in [0.15, 0.2) is 0 Å². The lowest BCUT2D eigenvalue weighted by molar-refractivity contribution is 0.0367. The largest absolute Gasteiger partial charge is 0.393 e. The third-order valence-corrected chi connectivity index (χ3v) is 3.08. The highest BCUT2D eigenvalue weighted by Gasteiger charge is 2.32. The maximum Gasteiger partial charge on any atom is 0.0543 e. The summed E-state index contributed by atoms with van der Waals surface area (Å²) in [7, 11) is 0. The van der Waals surface area contributed by atoms with Gasteiger partial charge in [0.25, 0.3) is 0 Å². The van der Waals surface area contributed by atoms with E-state index in [1.54, 1.807) is 0 Å². The van der Waals surface area contributed by atoms with Crippen LogP contribution in [0.3, 0.4) is 0 Å². The highest BCUT2D eigenvalue weighted by atomic mass is 16.3. The average Bonchev–Trinajstić information content (AvgIpc) is 1.81. The first kappa shape index (κ1) is 8.06. The average molecular weight is 142 g/mol. The molecule has 0 saturated heterocycles. The van der Waals surface area contributed by atoms with E-state index in [1.807, 2.05) is 0 Å². The van der Waals surface area contributed by atoms with Crippen LogP contribution in [0.25, 0.3) is 0 Å². The standard InChI is InChI=1S/C9H18O/c1-7-6-8(10)4-5-9(7,2)3/h7-8,10H,4-6H2,1-3H3/t7-,8+/m0/s1. The molecule has 1 heteroatoms. The summed E-state index contributed by atoms with van der Waals surface area (Å²) >= 11 is 0.